The quantitative estimate of drug-likeness (QED) is 0.630. The Morgan fingerprint density at radius 2 is 2.21 bits per heavy atom. The zero-order valence-electron chi connectivity index (χ0n) is 11.3. The molecule has 3 rings (SSSR count). The molecule has 0 aromatic heterocycles. The first-order valence-electron chi connectivity index (χ1n) is 6.95. The molecule has 1 aromatic rings. The predicted octanol–water partition coefficient (Wildman–Crippen LogP) is 2.36. The van der Waals surface area contributed by atoms with Gasteiger partial charge in [0.25, 0.3) is 0 Å². The molecule has 2 fully saturated rings. The van der Waals surface area contributed by atoms with E-state index in [9.17, 15) is 0 Å². The van der Waals surface area contributed by atoms with E-state index in [-0.39, 0.29) is 0 Å². The highest BCUT2D eigenvalue weighted by molar-refractivity contribution is 5.93. The van der Waals surface area contributed by atoms with Crippen molar-refractivity contribution in [2.24, 2.45) is 22.6 Å². The van der Waals surface area contributed by atoms with Gasteiger partial charge in [-0.05, 0) is 37.2 Å². The second-order valence-corrected chi connectivity index (χ2v) is 5.53. The van der Waals surface area contributed by atoms with Crippen molar-refractivity contribution in [3.05, 3.63) is 29.8 Å². The summed E-state index contributed by atoms with van der Waals surface area (Å²) in [6.45, 7) is 0.574. The predicted molar refractivity (Wildman–Crippen MR) is 77.0 cm³/mol. The van der Waals surface area contributed by atoms with Crippen LogP contribution in [-0.4, -0.2) is 19.1 Å². The number of anilines is 1. The van der Waals surface area contributed by atoms with Crippen LogP contribution in [-0.2, 0) is 11.3 Å². The number of hydrogen-bond acceptors (Lipinski definition) is 2. The van der Waals surface area contributed by atoms with Crippen molar-refractivity contribution < 1.29 is 4.74 Å². The zero-order valence-corrected chi connectivity index (χ0v) is 11.3. The Kier molecular flexibility index (Phi) is 3.42. The summed E-state index contributed by atoms with van der Waals surface area (Å²) >= 11 is 0. The van der Waals surface area contributed by atoms with Crippen LogP contribution in [0.25, 0.3) is 0 Å². The lowest BCUT2D eigenvalue weighted by molar-refractivity contribution is 0.185. The van der Waals surface area contributed by atoms with Gasteiger partial charge >= 0.3 is 0 Å². The molecule has 102 valence electrons. The van der Waals surface area contributed by atoms with Gasteiger partial charge in [0.1, 0.15) is 0 Å². The molecule has 0 amide bonds. The standard InChI is InChI=1S/C15H21N3O/c1-19-9-11-4-2-3-5-13(11)17-15(16)18-14-8-12(14)10-6-7-10/h2-5,10,12,14H,6-9H2,1H3,(H3,16,17,18)/t12-,14+/m0/s1. The fraction of sp³-hybridized carbons (Fsp3) is 0.533. The number of ether oxygens (including phenoxy) is 1. The Morgan fingerprint density at radius 3 is 2.95 bits per heavy atom. The molecular weight excluding hydrogens is 238 g/mol. The van der Waals surface area contributed by atoms with Gasteiger partial charge in [0.15, 0.2) is 5.96 Å². The van der Waals surface area contributed by atoms with E-state index >= 15 is 0 Å². The molecule has 2 atom stereocenters. The third kappa shape index (κ3) is 3.07. The molecule has 0 bridgehead atoms. The number of benzene rings is 1. The maximum Gasteiger partial charge on any atom is 0.193 e. The molecule has 3 N–H and O–H groups in total. The van der Waals surface area contributed by atoms with Gasteiger partial charge in [-0.3, -0.25) is 0 Å². The molecule has 2 aliphatic rings. The number of rotatable bonds is 5. The summed E-state index contributed by atoms with van der Waals surface area (Å²) in [6, 6.07) is 8.47. The van der Waals surface area contributed by atoms with E-state index in [0.29, 0.717) is 18.6 Å². The Balaban J connectivity index is 1.62. The molecule has 2 saturated carbocycles. The molecule has 0 aliphatic heterocycles. The highest BCUT2D eigenvalue weighted by Gasteiger charge is 2.47. The molecule has 4 nitrogen and oxygen atoms in total. The molecule has 0 heterocycles. The number of methoxy groups -OCH3 is 1. The molecule has 0 unspecified atom stereocenters. The molecule has 0 radical (unpaired) electrons. The van der Waals surface area contributed by atoms with E-state index < -0.39 is 0 Å². The minimum Gasteiger partial charge on any atom is -0.380 e. The summed E-state index contributed by atoms with van der Waals surface area (Å²) in [6.07, 6.45) is 3.99. The van der Waals surface area contributed by atoms with Crippen molar-refractivity contribution in [2.45, 2.75) is 31.9 Å². The summed E-state index contributed by atoms with van der Waals surface area (Å²) in [5, 5.41) is 3.19. The van der Waals surface area contributed by atoms with E-state index in [1.807, 2.05) is 24.3 Å². The Morgan fingerprint density at radius 1 is 1.42 bits per heavy atom. The SMILES string of the molecule is COCc1ccccc1NC(N)=N[C@@H]1C[C@H]1C1CC1. The lowest BCUT2D eigenvalue weighted by atomic mass is 10.2. The summed E-state index contributed by atoms with van der Waals surface area (Å²) in [5.74, 6) is 2.26. The number of para-hydroxylation sites is 1. The van der Waals surface area contributed by atoms with Crippen LogP contribution in [0.3, 0.4) is 0 Å². The lowest BCUT2D eigenvalue weighted by Crippen LogP contribution is -2.24. The highest BCUT2D eigenvalue weighted by atomic mass is 16.5. The van der Waals surface area contributed by atoms with Gasteiger partial charge in [-0.25, -0.2) is 4.99 Å². The first kappa shape index (κ1) is 12.5. The number of hydrogen-bond donors (Lipinski definition) is 2. The molecule has 2 aliphatic carbocycles. The summed E-state index contributed by atoms with van der Waals surface area (Å²) in [7, 11) is 1.69. The maximum absolute atomic E-state index is 5.99. The Hall–Kier alpha value is -1.55. The van der Waals surface area contributed by atoms with Crippen LogP contribution < -0.4 is 11.1 Å². The van der Waals surface area contributed by atoms with Crippen LogP contribution in [0.5, 0.6) is 0 Å². The molecule has 1 aromatic carbocycles. The van der Waals surface area contributed by atoms with Gasteiger partial charge in [0, 0.05) is 18.4 Å². The van der Waals surface area contributed by atoms with Crippen molar-refractivity contribution in [1.82, 2.24) is 0 Å². The van der Waals surface area contributed by atoms with Crippen LogP contribution in [0.4, 0.5) is 5.69 Å². The summed E-state index contributed by atoms with van der Waals surface area (Å²) in [4.78, 5) is 4.57. The van der Waals surface area contributed by atoms with Gasteiger partial charge in [0.05, 0.1) is 12.6 Å². The van der Waals surface area contributed by atoms with Crippen LogP contribution in [0.15, 0.2) is 29.3 Å². The Bertz CT molecular complexity index is 482. The maximum atomic E-state index is 5.99. The van der Waals surface area contributed by atoms with E-state index in [4.69, 9.17) is 10.5 Å². The van der Waals surface area contributed by atoms with Gasteiger partial charge in [0.2, 0.25) is 0 Å². The fourth-order valence-corrected chi connectivity index (χ4v) is 2.65. The van der Waals surface area contributed by atoms with Gasteiger partial charge in [-0.15, -0.1) is 0 Å². The highest BCUT2D eigenvalue weighted by Crippen LogP contribution is 2.51. The second kappa shape index (κ2) is 5.21. The molecule has 4 heteroatoms. The second-order valence-electron chi connectivity index (χ2n) is 5.53. The fourth-order valence-electron chi connectivity index (χ4n) is 2.65. The third-order valence-corrected chi connectivity index (χ3v) is 3.92. The first-order valence-corrected chi connectivity index (χ1v) is 6.95. The number of guanidine groups is 1. The van der Waals surface area contributed by atoms with Crippen LogP contribution in [0, 0.1) is 11.8 Å². The minimum absolute atomic E-state index is 0.453. The van der Waals surface area contributed by atoms with Gasteiger partial charge in [-0.2, -0.15) is 0 Å². The van der Waals surface area contributed by atoms with Gasteiger partial charge < -0.3 is 15.8 Å². The van der Waals surface area contributed by atoms with Crippen molar-refractivity contribution in [3.8, 4) is 0 Å². The van der Waals surface area contributed by atoms with E-state index in [0.717, 1.165) is 23.1 Å². The lowest BCUT2D eigenvalue weighted by Gasteiger charge is -2.10. The van der Waals surface area contributed by atoms with Gasteiger partial charge in [-0.1, -0.05) is 18.2 Å². The smallest absolute Gasteiger partial charge is 0.193 e. The molecule has 0 saturated heterocycles. The van der Waals surface area contributed by atoms with Crippen LogP contribution in [0.1, 0.15) is 24.8 Å². The van der Waals surface area contributed by atoms with E-state index in [2.05, 4.69) is 10.3 Å². The summed E-state index contributed by atoms with van der Waals surface area (Å²) in [5.41, 5.74) is 8.07. The van der Waals surface area contributed by atoms with E-state index in [1.54, 1.807) is 7.11 Å². The number of nitrogens with two attached hydrogens (primary N) is 1. The van der Waals surface area contributed by atoms with Crippen molar-refractivity contribution in [2.75, 3.05) is 12.4 Å². The van der Waals surface area contributed by atoms with Crippen molar-refractivity contribution in [1.29, 1.82) is 0 Å². The summed E-state index contributed by atoms with van der Waals surface area (Å²) < 4.78 is 5.18. The average Bonchev–Trinajstić information content (AvgIpc) is 3.23. The molecule has 19 heavy (non-hydrogen) atoms. The largest absolute Gasteiger partial charge is 0.380 e. The van der Waals surface area contributed by atoms with Crippen LogP contribution >= 0.6 is 0 Å². The third-order valence-electron chi connectivity index (χ3n) is 3.92. The van der Waals surface area contributed by atoms with E-state index in [1.165, 1.54) is 19.3 Å². The molecular formula is C15H21N3O. The monoisotopic (exact) mass is 259 g/mol. The van der Waals surface area contributed by atoms with Crippen LogP contribution in [0.2, 0.25) is 0 Å². The first-order chi connectivity index (χ1) is 9.28. The van der Waals surface area contributed by atoms with Crippen molar-refractivity contribution >= 4 is 11.6 Å². The average molecular weight is 259 g/mol. The number of nitrogens with zero attached hydrogens (tertiary/aromatic N) is 1. The molecule has 0 spiro atoms. The number of aliphatic imine (C=N–C) groups is 1. The zero-order chi connectivity index (χ0) is 13.2. The minimum atomic E-state index is 0.453. The number of nitrogens with one attached hydrogen (secondary N) is 1. The normalized spacial score (nSPS) is 26.3. The van der Waals surface area contributed by atoms with Crippen molar-refractivity contribution in [3.63, 3.8) is 0 Å². The Labute approximate surface area is 114 Å². The topological polar surface area (TPSA) is 59.6 Å².